The highest BCUT2D eigenvalue weighted by atomic mass is 16.5. The van der Waals surface area contributed by atoms with Crippen LogP contribution in [-0.4, -0.2) is 35.7 Å². The summed E-state index contributed by atoms with van der Waals surface area (Å²) in [4.78, 5) is 20.9. The quantitative estimate of drug-likeness (QED) is 0.715. The highest BCUT2D eigenvalue weighted by Gasteiger charge is 2.28. The Hall–Kier alpha value is -1.10. The van der Waals surface area contributed by atoms with E-state index in [0.29, 0.717) is 5.92 Å². The molecule has 1 rings (SSSR count). The smallest absolute Gasteiger partial charge is 0.405 e. The maximum Gasteiger partial charge on any atom is 0.405 e. The first-order valence-electron chi connectivity index (χ1n) is 6.49. The summed E-state index contributed by atoms with van der Waals surface area (Å²) in [5.74, 6) is 0.530. The summed E-state index contributed by atoms with van der Waals surface area (Å²) in [5.41, 5.74) is -0.382. The van der Waals surface area contributed by atoms with Crippen molar-refractivity contribution in [2.45, 2.75) is 57.6 Å². The Bertz CT molecular complexity index is 283. The predicted octanol–water partition coefficient (Wildman–Crippen LogP) is 2.20. The molecular formula is C13H23NO4. The maximum atomic E-state index is 10.7. The molecule has 2 N–H and O–H groups in total. The summed E-state index contributed by atoms with van der Waals surface area (Å²) in [7, 11) is 0. The molecule has 18 heavy (non-hydrogen) atoms. The van der Waals surface area contributed by atoms with Gasteiger partial charge in [-0.25, -0.2) is 4.79 Å². The number of carboxylic acid groups (broad SMARTS) is 1. The number of aldehydes is 1. The molecule has 1 saturated carbocycles. The van der Waals surface area contributed by atoms with Crippen LogP contribution in [0.3, 0.4) is 0 Å². The normalized spacial score (nSPS) is 24.6. The molecule has 1 fully saturated rings. The summed E-state index contributed by atoms with van der Waals surface area (Å²) >= 11 is 0. The lowest BCUT2D eigenvalue weighted by Crippen LogP contribution is -2.44. The minimum atomic E-state index is -0.969. The summed E-state index contributed by atoms with van der Waals surface area (Å²) in [6, 6.07) is 0. The highest BCUT2D eigenvalue weighted by molar-refractivity contribution is 5.65. The van der Waals surface area contributed by atoms with Crippen molar-refractivity contribution in [2.24, 2.45) is 5.92 Å². The largest absolute Gasteiger partial charge is 0.465 e. The fraction of sp³-hybridized carbons (Fsp3) is 0.846. The molecule has 0 aliphatic heterocycles. The maximum absolute atomic E-state index is 10.7. The van der Waals surface area contributed by atoms with Gasteiger partial charge in [0.05, 0.1) is 6.10 Å². The van der Waals surface area contributed by atoms with Crippen LogP contribution in [0.15, 0.2) is 0 Å². The third-order valence-electron chi connectivity index (χ3n) is 3.44. The number of hydrogen-bond donors (Lipinski definition) is 2. The second-order valence-electron chi connectivity index (χ2n) is 5.66. The van der Waals surface area contributed by atoms with Gasteiger partial charge < -0.3 is 20.0 Å². The molecule has 5 nitrogen and oxygen atoms in total. The van der Waals surface area contributed by atoms with Crippen molar-refractivity contribution in [1.29, 1.82) is 0 Å². The van der Waals surface area contributed by atoms with E-state index in [9.17, 15) is 9.59 Å². The van der Waals surface area contributed by atoms with Crippen molar-refractivity contribution in [3.63, 3.8) is 0 Å². The van der Waals surface area contributed by atoms with Crippen LogP contribution >= 0.6 is 0 Å². The number of ether oxygens (including phenoxy) is 1. The topological polar surface area (TPSA) is 75.6 Å². The average molecular weight is 257 g/mol. The predicted molar refractivity (Wildman–Crippen MR) is 67.6 cm³/mol. The molecule has 1 aliphatic carbocycles. The minimum absolute atomic E-state index is 0.182. The van der Waals surface area contributed by atoms with E-state index in [2.05, 4.69) is 5.32 Å². The van der Waals surface area contributed by atoms with Gasteiger partial charge in [0, 0.05) is 5.54 Å². The van der Waals surface area contributed by atoms with Crippen LogP contribution < -0.4 is 5.32 Å². The molecular weight excluding hydrogens is 234 g/mol. The zero-order chi connectivity index (χ0) is 13.6. The van der Waals surface area contributed by atoms with Crippen LogP contribution in [0.4, 0.5) is 4.79 Å². The van der Waals surface area contributed by atoms with Gasteiger partial charge in [-0.2, -0.15) is 0 Å². The summed E-state index contributed by atoms with van der Waals surface area (Å²) in [6.07, 6.45) is 4.85. The fourth-order valence-corrected chi connectivity index (χ4v) is 2.74. The monoisotopic (exact) mass is 257 g/mol. The van der Waals surface area contributed by atoms with Crippen LogP contribution in [0.2, 0.25) is 0 Å². The fourth-order valence-electron chi connectivity index (χ4n) is 2.74. The van der Waals surface area contributed by atoms with Gasteiger partial charge in [0.25, 0.3) is 0 Å². The molecule has 0 unspecified atom stereocenters. The zero-order valence-electron chi connectivity index (χ0n) is 11.1. The number of amides is 1. The van der Waals surface area contributed by atoms with Crippen LogP contribution in [0.5, 0.6) is 0 Å². The van der Waals surface area contributed by atoms with Gasteiger partial charge in [0.2, 0.25) is 0 Å². The van der Waals surface area contributed by atoms with E-state index >= 15 is 0 Å². The molecule has 0 spiro atoms. The number of nitrogens with one attached hydrogen (secondary N) is 1. The van der Waals surface area contributed by atoms with Gasteiger partial charge in [-0.3, -0.25) is 0 Å². The van der Waals surface area contributed by atoms with Crippen molar-refractivity contribution in [1.82, 2.24) is 5.32 Å². The number of carbonyl (C=O) groups excluding carboxylic acids is 1. The molecule has 0 aromatic rings. The van der Waals surface area contributed by atoms with Crippen LogP contribution in [0, 0.1) is 5.92 Å². The molecule has 0 aromatic heterocycles. The lowest BCUT2D eigenvalue weighted by atomic mass is 9.80. The standard InChI is InChI=1S/C13H23NO4/c1-13(2,14-12(16)17)9-10-3-5-11(6-4-10)18-8-7-15/h7,10-11,14H,3-6,8-9H2,1-2H3,(H,16,17). The third-order valence-corrected chi connectivity index (χ3v) is 3.44. The van der Waals surface area contributed by atoms with Gasteiger partial charge in [-0.05, 0) is 51.9 Å². The molecule has 0 atom stereocenters. The first-order chi connectivity index (χ1) is 8.43. The van der Waals surface area contributed by atoms with E-state index < -0.39 is 6.09 Å². The van der Waals surface area contributed by atoms with Gasteiger partial charge in [-0.15, -0.1) is 0 Å². The van der Waals surface area contributed by atoms with Gasteiger partial charge in [0.15, 0.2) is 0 Å². The number of rotatable bonds is 6. The zero-order valence-corrected chi connectivity index (χ0v) is 11.1. The summed E-state index contributed by atoms with van der Waals surface area (Å²) in [5, 5.41) is 11.3. The summed E-state index contributed by atoms with van der Waals surface area (Å²) < 4.78 is 5.40. The van der Waals surface area contributed by atoms with E-state index in [0.717, 1.165) is 38.4 Å². The van der Waals surface area contributed by atoms with Gasteiger partial charge >= 0.3 is 6.09 Å². The van der Waals surface area contributed by atoms with Crippen LogP contribution in [-0.2, 0) is 9.53 Å². The average Bonchev–Trinajstić information content (AvgIpc) is 2.26. The second-order valence-corrected chi connectivity index (χ2v) is 5.66. The lowest BCUT2D eigenvalue weighted by molar-refractivity contribution is -0.114. The van der Waals surface area contributed by atoms with E-state index in [1.165, 1.54) is 0 Å². The lowest BCUT2D eigenvalue weighted by Gasteiger charge is -2.34. The first-order valence-corrected chi connectivity index (χ1v) is 6.49. The molecule has 0 heterocycles. The molecule has 104 valence electrons. The van der Waals surface area contributed by atoms with Crippen molar-refractivity contribution >= 4 is 12.4 Å². The SMILES string of the molecule is CC(C)(CC1CCC(OCC=O)CC1)NC(=O)O. The van der Waals surface area contributed by atoms with E-state index in [1.54, 1.807) is 0 Å². The molecule has 1 amide bonds. The molecule has 0 aromatic carbocycles. The Morgan fingerprint density at radius 1 is 1.39 bits per heavy atom. The highest BCUT2D eigenvalue weighted by Crippen LogP contribution is 2.31. The Balaban J connectivity index is 2.30. The molecule has 5 heteroatoms. The van der Waals surface area contributed by atoms with Crippen molar-refractivity contribution in [3.05, 3.63) is 0 Å². The number of hydrogen-bond acceptors (Lipinski definition) is 3. The Labute approximate surface area is 108 Å². The van der Waals surface area contributed by atoms with E-state index in [4.69, 9.17) is 9.84 Å². The third kappa shape index (κ3) is 5.49. The van der Waals surface area contributed by atoms with Crippen molar-refractivity contribution < 1.29 is 19.4 Å². The Kier molecular flexibility index (Phi) is 5.59. The van der Waals surface area contributed by atoms with Gasteiger partial charge in [0.1, 0.15) is 12.9 Å². The Morgan fingerprint density at radius 2 is 2.00 bits per heavy atom. The van der Waals surface area contributed by atoms with Crippen LogP contribution in [0.1, 0.15) is 46.0 Å². The molecule has 1 aliphatic rings. The molecule has 0 bridgehead atoms. The van der Waals surface area contributed by atoms with E-state index in [1.807, 2.05) is 13.8 Å². The van der Waals surface area contributed by atoms with E-state index in [-0.39, 0.29) is 18.2 Å². The van der Waals surface area contributed by atoms with Crippen LogP contribution in [0.25, 0.3) is 0 Å². The van der Waals surface area contributed by atoms with Crippen molar-refractivity contribution in [2.75, 3.05) is 6.61 Å². The van der Waals surface area contributed by atoms with Crippen molar-refractivity contribution in [3.8, 4) is 0 Å². The molecule has 0 radical (unpaired) electrons. The number of carbonyl (C=O) groups is 2. The van der Waals surface area contributed by atoms with Gasteiger partial charge in [-0.1, -0.05) is 0 Å². The minimum Gasteiger partial charge on any atom is -0.465 e. The Morgan fingerprint density at radius 3 is 2.50 bits per heavy atom. The summed E-state index contributed by atoms with van der Waals surface area (Å²) in [6.45, 7) is 4.01. The second kappa shape index (κ2) is 6.73. The first kappa shape index (κ1) is 15.0. The molecule has 0 saturated heterocycles.